The quantitative estimate of drug-likeness (QED) is 0.683. The first-order valence-electron chi connectivity index (χ1n) is 7.09. The van der Waals surface area contributed by atoms with E-state index in [4.69, 9.17) is 9.47 Å². The second-order valence-electron chi connectivity index (χ2n) is 4.90. The van der Waals surface area contributed by atoms with Crippen LogP contribution >= 0.6 is 0 Å². The van der Waals surface area contributed by atoms with E-state index in [2.05, 4.69) is 10.6 Å². The van der Waals surface area contributed by atoms with Gasteiger partial charge in [-0.3, -0.25) is 5.32 Å². The highest BCUT2D eigenvalue weighted by Crippen LogP contribution is 2.17. The molecule has 6 nitrogen and oxygen atoms in total. The molecule has 0 aliphatic carbocycles. The van der Waals surface area contributed by atoms with Crippen molar-refractivity contribution in [3.05, 3.63) is 24.3 Å². The first-order chi connectivity index (χ1) is 10.0. The van der Waals surface area contributed by atoms with Gasteiger partial charge in [0.1, 0.15) is 18.5 Å². The molecule has 1 aromatic rings. The minimum atomic E-state index is -0.589. The lowest BCUT2D eigenvalue weighted by molar-refractivity contribution is 0.104. The van der Waals surface area contributed by atoms with E-state index < -0.39 is 12.2 Å². The van der Waals surface area contributed by atoms with Crippen LogP contribution in [-0.2, 0) is 4.74 Å². The third kappa shape index (κ3) is 7.53. The number of hydrogen-bond acceptors (Lipinski definition) is 5. The molecule has 118 valence electrons. The van der Waals surface area contributed by atoms with Crippen molar-refractivity contribution in [3.63, 3.8) is 0 Å². The van der Waals surface area contributed by atoms with Crippen molar-refractivity contribution in [2.24, 2.45) is 0 Å². The van der Waals surface area contributed by atoms with Gasteiger partial charge in [0.25, 0.3) is 0 Å². The maximum absolute atomic E-state index is 11.3. The molecule has 1 atom stereocenters. The van der Waals surface area contributed by atoms with Crippen LogP contribution in [0.15, 0.2) is 24.3 Å². The number of benzene rings is 1. The highest BCUT2D eigenvalue weighted by atomic mass is 16.5. The fraction of sp³-hybridized carbons (Fsp3) is 0.533. The Balaban J connectivity index is 2.43. The van der Waals surface area contributed by atoms with Crippen molar-refractivity contribution >= 4 is 11.8 Å². The predicted molar refractivity (Wildman–Crippen MR) is 81.7 cm³/mol. The van der Waals surface area contributed by atoms with Gasteiger partial charge in [-0.1, -0.05) is 19.9 Å². The van der Waals surface area contributed by atoms with Gasteiger partial charge in [0.2, 0.25) is 0 Å². The lowest BCUT2D eigenvalue weighted by atomic mass is 10.3. The largest absolute Gasteiger partial charge is 0.491 e. The van der Waals surface area contributed by atoms with E-state index in [0.29, 0.717) is 30.6 Å². The molecular formula is C15H24N2O4. The van der Waals surface area contributed by atoms with Crippen molar-refractivity contribution in [2.75, 3.05) is 25.1 Å². The summed E-state index contributed by atoms with van der Waals surface area (Å²) in [6.45, 7) is 6.74. The first kappa shape index (κ1) is 17.3. The van der Waals surface area contributed by atoms with Gasteiger partial charge in [0.05, 0.1) is 6.61 Å². The van der Waals surface area contributed by atoms with Crippen molar-refractivity contribution in [3.8, 4) is 5.75 Å². The summed E-state index contributed by atoms with van der Waals surface area (Å²) >= 11 is 0. The van der Waals surface area contributed by atoms with Crippen molar-refractivity contribution in [1.82, 2.24) is 5.32 Å². The average Bonchev–Trinajstić information content (AvgIpc) is 2.43. The summed E-state index contributed by atoms with van der Waals surface area (Å²) in [5, 5.41) is 15.5. The standard InChI is InChI=1S/C15H24N2O4/c1-4-20-15(19)17-12-6-5-7-14(8-12)21-10-13(18)9-16-11(2)3/h5-8,11,13,16,18H,4,9-10H2,1-3H3,(H,17,19). The molecule has 0 saturated carbocycles. The van der Waals surface area contributed by atoms with E-state index in [9.17, 15) is 9.90 Å². The summed E-state index contributed by atoms with van der Waals surface area (Å²) < 4.78 is 10.3. The predicted octanol–water partition coefficient (Wildman–Crippen LogP) is 1.99. The molecule has 21 heavy (non-hydrogen) atoms. The van der Waals surface area contributed by atoms with Crippen LogP contribution in [0.2, 0.25) is 0 Å². The van der Waals surface area contributed by atoms with Crippen molar-refractivity contribution < 1.29 is 19.4 Å². The Hall–Kier alpha value is -1.79. The number of aliphatic hydroxyl groups excluding tert-OH is 1. The maximum Gasteiger partial charge on any atom is 0.411 e. The minimum Gasteiger partial charge on any atom is -0.491 e. The normalized spacial score (nSPS) is 12.0. The molecule has 1 unspecified atom stereocenters. The molecule has 0 spiro atoms. The van der Waals surface area contributed by atoms with Crippen LogP contribution in [0.1, 0.15) is 20.8 Å². The minimum absolute atomic E-state index is 0.183. The van der Waals surface area contributed by atoms with Crippen LogP contribution < -0.4 is 15.4 Å². The number of amides is 1. The Kier molecular flexibility index (Phi) is 7.56. The monoisotopic (exact) mass is 296 g/mol. The van der Waals surface area contributed by atoms with Gasteiger partial charge in [0.15, 0.2) is 0 Å². The number of anilines is 1. The smallest absolute Gasteiger partial charge is 0.411 e. The molecule has 0 radical (unpaired) electrons. The summed E-state index contributed by atoms with van der Waals surface area (Å²) in [5.74, 6) is 0.577. The Morgan fingerprint density at radius 2 is 2.14 bits per heavy atom. The second kappa shape index (κ2) is 9.20. The van der Waals surface area contributed by atoms with E-state index >= 15 is 0 Å². The van der Waals surface area contributed by atoms with E-state index in [1.54, 1.807) is 31.2 Å². The Bertz CT molecular complexity index is 437. The van der Waals surface area contributed by atoms with Gasteiger partial charge in [0, 0.05) is 24.3 Å². The number of rotatable bonds is 8. The molecule has 6 heteroatoms. The van der Waals surface area contributed by atoms with Gasteiger partial charge in [-0.05, 0) is 19.1 Å². The fourth-order valence-corrected chi connectivity index (χ4v) is 1.57. The summed E-state index contributed by atoms with van der Waals surface area (Å²) in [5.41, 5.74) is 0.584. The summed E-state index contributed by atoms with van der Waals surface area (Å²) in [7, 11) is 0. The van der Waals surface area contributed by atoms with Crippen molar-refractivity contribution in [1.29, 1.82) is 0 Å². The molecule has 3 N–H and O–H groups in total. The zero-order valence-corrected chi connectivity index (χ0v) is 12.8. The third-order valence-electron chi connectivity index (χ3n) is 2.56. The van der Waals surface area contributed by atoms with Crippen LogP contribution in [0.5, 0.6) is 5.75 Å². The SMILES string of the molecule is CCOC(=O)Nc1cccc(OCC(O)CNC(C)C)c1. The Morgan fingerprint density at radius 3 is 2.81 bits per heavy atom. The third-order valence-corrected chi connectivity index (χ3v) is 2.56. The van der Waals surface area contributed by atoms with E-state index in [1.165, 1.54) is 0 Å². The van der Waals surface area contributed by atoms with Crippen LogP contribution in [0.4, 0.5) is 10.5 Å². The zero-order chi connectivity index (χ0) is 15.7. The van der Waals surface area contributed by atoms with Gasteiger partial charge in [-0.25, -0.2) is 4.79 Å². The number of aliphatic hydroxyl groups is 1. The van der Waals surface area contributed by atoms with Crippen LogP contribution in [0.3, 0.4) is 0 Å². The van der Waals surface area contributed by atoms with Gasteiger partial charge in [-0.2, -0.15) is 0 Å². The van der Waals surface area contributed by atoms with Gasteiger partial charge in [-0.15, -0.1) is 0 Å². The van der Waals surface area contributed by atoms with E-state index in [0.717, 1.165) is 0 Å². The zero-order valence-electron chi connectivity index (χ0n) is 12.8. The van der Waals surface area contributed by atoms with Crippen molar-refractivity contribution in [2.45, 2.75) is 32.9 Å². The fourth-order valence-electron chi connectivity index (χ4n) is 1.57. The number of carbonyl (C=O) groups is 1. The Morgan fingerprint density at radius 1 is 1.38 bits per heavy atom. The molecule has 0 fully saturated rings. The molecule has 1 aromatic carbocycles. The van der Waals surface area contributed by atoms with Gasteiger partial charge >= 0.3 is 6.09 Å². The highest BCUT2D eigenvalue weighted by molar-refractivity contribution is 5.84. The van der Waals surface area contributed by atoms with Gasteiger partial charge < -0.3 is 19.9 Å². The first-order valence-corrected chi connectivity index (χ1v) is 7.09. The average molecular weight is 296 g/mol. The molecule has 0 bridgehead atoms. The summed E-state index contributed by atoms with van der Waals surface area (Å²) in [6.07, 6.45) is -1.09. The van der Waals surface area contributed by atoms with E-state index in [1.807, 2.05) is 13.8 Å². The summed E-state index contributed by atoms with van der Waals surface area (Å²) in [6, 6.07) is 7.26. The molecule has 0 aliphatic rings. The molecule has 0 heterocycles. The van der Waals surface area contributed by atoms with Crippen LogP contribution in [0, 0.1) is 0 Å². The number of ether oxygens (including phenoxy) is 2. The summed E-state index contributed by atoms with van der Waals surface area (Å²) in [4.78, 5) is 11.3. The van der Waals surface area contributed by atoms with Crippen LogP contribution in [-0.4, -0.2) is 43.1 Å². The second-order valence-corrected chi connectivity index (χ2v) is 4.90. The van der Waals surface area contributed by atoms with E-state index in [-0.39, 0.29) is 6.61 Å². The number of nitrogens with one attached hydrogen (secondary N) is 2. The Labute approximate surface area is 125 Å². The molecule has 0 aliphatic heterocycles. The van der Waals surface area contributed by atoms with Crippen LogP contribution in [0.25, 0.3) is 0 Å². The molecule has 0 saturated heterocycles. The molecular weight excluding hydrogens is 272 g/mol. The maximum atomic E-state index is 11.3. The lowest BCUT2D eigenvalue weighted by Crippen LogP contribution is -2.35. The highest BCUT2D eigenvalue weighted by Gasteiger charge is 2.07. The molecule has 1 rings (SSSR count). The number of hydrogen-bond donors (Lipinski definition) is 3. The molecule has 0 aromatic heterocycles. The number of carbonyl (C=O) groups excluding carboxylic acids is 1. The lowest BCUT2D eigenvalue weighted by Gasteiger charge is -2.15. The topological polar surface area (TPSA) is 79.8 Å². The molecule has 1 amide bonds.